The molecule has 11 heavy (non-hydrogen) atoms. The topological polar surface area (TPSA) is 52.3 Å². The molecule has 0 atom stereocenters. The summed E-state index contributed by atoms with van der Waals surface area (Å²) in [4.78, 5) is 10.3. The molecule has 0 spiro atoms. The van der Waals surface area contributed by atoms with Crippen molar-refractivity contribution in [1.29, 1.82) is 0 Å². The van der Waals surface area contributed by atoms with Gasteiger partial charge in [-0.15, -0.1) is 0 Å². The minimum absolute atomic E-state index is 0.971. The minimum atomic E-state index is -1.68. The number of alkyl halides is 3. The first-order valence-corrected chi connectivity index (χ1v) is 3.85. The maximum absolute atomic E-state index is 10.3. The minimum Gasteiger partial charge on any atom is -0.439 e. The van der Waals surface area contributed by atoms with E-state index in [1.807, 2.05) is 0 Å². The first kappa shape index (κ1) is 11.1. The van der Waals surface area contributed by atoms with Crippen molar-refractivity contribution < 1.29 is 9.53 Å². The maximum Gasteiger partial charge on any atom is 0.405 e. The van der Waals surface area contributed by atoms with Crippen molar-refractivity contribution in [3.63, 3.8) is 0 Å². The quantitative estimate of drug-likeness (QED) is 0.689. The van der Waals surface area contributed by atoms with Crippen molar-refractivity contribution in [3.8, 4) is 0 Å². The van der Waals surface area contributed by atoms with Crippen LogP contribution in [0.3, 0.4) is 0 Å². The first-order chi connectivity index (χ1) is 4.67. The molecule has 0 saturated heterocycles. The summed E-state index contributed by atoms with van der Waals surface area (Å²) in [6.45, 7) is 2.90. The molecule has 0 heterocycles. The highest BCUT2D eigenvalue weighted by Crippen LogP contribution is 2.40. The van der Waals surface area contributed by atoms with Crippen molar-refractivity contribution in [2.45, 2.75) is 23.2 Å². The van der Waals surface area contributed by atoms with Crippen LogP contribution >= 0.6 is 34.8 Å². The van der Waals surface area contributed by atoms with Crippen molar-refractivity contribution in [1.82, 2.24) is 0 Å². The van der Waals surface area contributed by atoms with Gasteiger partial charge in [-0.1, -0.05) is 34.8 Å². The lowest BCUT2D eigenvalue weighted by Crippen LogP contribution is -2.42. The average Bonchev–Trinajstić information content (AvgIpc) is 1.56. The van der Waals surface area contributed by atoms with Crippen LogP contribution < -0.4 is 5.73 Å². The Morgan fingerprint density at radius 1 is 1.36 bits per heavy atom. The number of nitrogens with two attached hydrogens (primary N) is 1. The highest BCUT2D eigenvalue weighted by atomic mass is 35.6. The standard InChI is InChI=1S/C5H8Cl3NO2/c1-4(2,5(6,7)8)11-3(9)10/h1-2H3,(H2,9,10). The summed E-state index contributed by atoms with van der Waals surface area (Å²) in [5.41, 5.74) is 3.52. The van der Waals surface area contributed by atoms with Gasteiger partial charge < -0.3 is 10.5 Å². The second-order valence-electron chi connectivity index (χ2n) is 2.43. The number of halogens is 3. The lowest BCUT2D eigenvalue weighted by atomic mass is 10.2. The summed E-state index contributed by atoms with van der Waals surface area (Å²) >= 11 is 16.4. The molecule has 0 fully saturated rings. The van der Waals surface area contributed by atoms with Gasteiger partial charge in [0.25, 0.3) is 0 Å². The Kier molecular flexibility index (Phi) is 3.29. The molecule has 0 saturated carbocycles. The molecule has 0 aliphatic rings. The molecule has 0 aliphatic heterocycles. The third-order valence-corrected chi connectivity index (χ3v) is 2.40. The summed E-state index contributed by atoms with van der Waals surface area (Å²) in [5, 5.41) is 0. The molecule has 2 N–H and O–H groups in total. The van der Waals surface area contributed by atoms with Crippen molar-refractivity contribution in [3.05, 3.63) is 0 Å². The number of carbonyl (C=O) groups excluding carboxylic acids is 1. The number of primary amides is 1. The molecule has 0 aromatic rings. The van der Waals surface area contributed by atoms with Crippen LogP contribution in [0.2, 0.25) is 0 Å². The zero-order valence-corrected chi connectivity index (χ0v) is 8.30. The molecule has 0 unspecified atom stereocenters. The maximum atomic E-state index is 10.3. The highest BCUT2D eigenvalue weighted by molar-refractivity contribution is 6.68. The molecule has 0 radical (unpaired) electrons. The summed E-state index contributed by atoms with van der Waals surface area (Å²) in [7, 11) is 0. The number of rotatable bonds is 1. The number of hydrogen-bond donors (Lipinski definition) is 1. The van der Waals surface area contributed by atoms with E-state index in [2.05, 4.69) is 4.74 Å². The molecule has 66 valence electrons. The van der Waals surface area contributed by atoms with Gasteiger partial charge in [-0.25, -0.2) is 4.79 Å². The van der Waals surface area contributed by atoms with Crippen LogP contribution in [0.1, 0.15) is 13.8 Å². The number of carbonyl (C=O) groups is 1. The van der Waals surface area contributed by atoms with Gasteiger partial charge in [-0.3, -0.25) is 0 Å². The number of ether oxygens (including phenoxy) is 1. The van der Waals surface area contributed by atoms with Gasteiger partial charge in [-0.2, -0.15) is 0 Å². The monoisotopic (exact) mass is 219 g/mol. The van der Waals surface area contributed by atoms with E-state index < -0.39 is 15.5 Å². The van der Waals surface area contributed by atoms with Crippen LogP contribution in [-0.4, -0.2) is 15.5 Å². The predicted octanol–water partition coefficient (Wildman–Crippen LogP) is 2.23. The smallest absolute Gasteiger partial charge is 0.405 e. The van der Waals surface area contributed by atoms with Crippen molar-refractivity contribution in [2.24, 2.45) is 5.73 Å². The van der Waals surface area contributed by atoms with Crippen molar-refractivity contribution >= 4 is 40.9 Å². The highest BCUT2D eigenvalue weighted by Gasteiger charge is 2.43. The van der Waals surface area contributed by atoms with E-state index >= 15 is 0 Å². The Morgan fingerprint density at radius 3 is 1.82 bits per heavy atom. The third kappa shape index (κ3) is 3.36. The van der Waals surface area contributed by atoms with E-state index in [0.29, 0.717) is 0 Å². The van der Waals surface area contributed by atoms with E-state index in [9.17, 15) is 4.79 Å². The second kappa shape index (κ2) is 3.25. The van der Waals surface area contributed by atoms with Gasteiger partial charge in [0, 0.05) is 0 Å². The molecule has 0 aromatic heterocycles. The average molecular weight is 220 g/mol. The third-order valence-electron chi connectivity index (χ3n) is 1.04. The summed E-state index contributed by atoms with van der Waals surface area (Å²) < 4.78 is 2.87. The summed E-state index contributed by atoms with van der Waals surface area (Å²) in [6.07, 6.45) is -0.971. The molecular weight excluding hydrogens is 212 g/mol. The van der Waals surface area contributed by atoms with Crippen LogP contribution in [-0.2, 0) is 4.74 Å². The Bertz CT molecular complexity index is 164. The van der Waals surface area contributed by atoms with Crippen LogP contribution in [0.25, 0.3) is 0 Å². The van der Waals surface area contributed by atoms with E-state index in [1.165, 1.54) is 13.8 Å². The predicted molar refractivity (Wildman–Crippen MR) is 45.0 cm³/mol. The summed E-state index contributed by atoms with van der Waals surface area (Å²) in [5.74, 6) is 0. The fourth-order valence-corrected chi connectivity index (χ4v) is 0.425. The fraction of sp³-hybridized carbons (Fsp3) is 0.800. The molecule has 0 bridgehead atoms. The van der Waals surface area contributed by atoms with Gasteiger partial charge in [0.1, 0.15) is 0 Å². The van der Waals surface area contributed by atoms with Gasteiger partial charge in [0.05, 0.1) is 0 Å². The van der Waals surface area contributed by atoms with Gasteiger partial charge in [0.15, 0.2) is 5.60 Å². The summed E-state index contributed by atoms with van der Waals surface area (Å²) in [6, 6.07) is 0. The molecular formula is C5H8Cl3NO2. The largest absolute Gasteiger partial charge is 0.439 e. The molecule has 0 aromatic carbocycles. The lowest BCUT2D eigenvalue weighted by molar-refractivity contribution is 0.0485. The van der Waals surface area contributed by atoms with Gasteiger partial charge in [-0.05, 0) is 13.8 Å². The number of hydrogen-bond acceptors (Lipinski definition) is 2. The zero-order valence-electron chi connectivity index (χ0n) is 6.03. The van der Waals surface area contributed by atoms with Crippen LogP contribution in [0.5, 0.6) is 0 Å². The van der Waals surface area contributed by atoms with Crippen molar-refractivity contribution in [2.75, 3.05) is 0 Å². The molecule has 0 aliphatic carbocycles. The van der Waals surface area contributed by atoms with E-state index in [0.717, 1.165) is 0 Å². The van der Waals surface area contributed by atoms with E-state index in [4.69, 9.17) is 40.5 Å². The second-order valence-corrected chi connectivity index (χ2v) is 4.71. The van der Waals surface area contributed by atoms with E-state index in [1.54, 1.807) is 0 Å². The number of amides is 1. The normalized spacial score (nSPS) is 12.8. The van der Waals surface area contributed by atoms with Gasteiger partial charge in [0.2, 0.25) is 3.79 Å². The Balaban J connectivity index is 4.34. The molecule has 1 amide bonds. The SMILES string of the molecule is CC(C)(OC(N)=O)C(Cl)(Cl)Cl. The Labute approximate surface area is 79.7 Å². The van der Waals surface area contributed by atoms with E-state index in [-0.39, 0.29) is 0 Å². The Hall–Kier alpha value is 0.140. The van der Waals surface area contributed by atoms with Crippen LogP contribution in [0, 0.1) is 0 Å². The van der Waals surface area contributed by atoms with Gasteiger partial charge >= 0.3 is 6.09 Å². The van der Waals surface area contributed by atoms with Crippen LogP contribution in [0.15, 0.2) is 0 Å². The lowest BCUT2D eigenvalue weighted by Gasteiger charge is -2.30. The zero-order chi connectivity index (χ0) is 9.28. The first-order valence-electron chi connectivity index (χ1n) is 2.72. The Morgan fingerprint density at radius 2 is 1.73 bits per heavy atom. The molecule has 3 nitrogen and oxygen atoms in total. The fourth-order valence-electron chi connectivity index (χ4n) is 0.309. The van der Waals surface area contributed by atoms with Crippen LogP contribution in [0.4, 0.5) is 4.79 Å². The molecule has 6 heteroatoms. The molecule has 0 rings (SSSR count).